The van der Waals surface area contributed by atoms with E-state index < -0.39 is 0 Å². The molecule has 0 saturated heterocycles. The summed E-state index contributed by atoms with van der Waals surface area (Å²) in [5, 5.41) is 6.85. The number of hydrogen-bond donors (Lipinski definition) is 1. The van der Waals surface area contributed by atoms with Crippen LogP contribution in [0.1, 0.15) is 23.4 Å². The quantitative estimate of drug-likeness (QED) is 0.736. The highest BCUT2D eigenvalue weighted by Crippen LogP contribution is 2.33. The van der Waals surface area contributed by atoms with Crippen LogP contribution in [0.25, 0.3) is 10.9 Å². The van der Waals surface area contributed by atoms with Crippen LogP contribution in [0.5, 0.6) is 0 Å². The van der Waals surface area contributed by atoms with Crippen LogP contribution in [0, 0.1) is 0 Å². The Kier molecular flexibility index (Phi) is 4.15. The van der Waals surface area contributed by atoms with Gasteiger partial charge in [0.1, 0.15) is 0 Å². The molecule has 2 aromatic heterocycles. The van der Waals surface area contributed by atoms with Crippen LogP contribution in [0.2, 0.25) is 0 Å². The van der Waals surface area contributed by atoms with E-state index in [1.54, 1.807) is 11.3 Å². The van der Waals surface area contributed by atoms with Gasteiger partial charge in [0.15, 0.2) is 0 Å². The monoisotopic (exact) mass is 346 g/mol. The zero-order valence-corrected chi connectivity index (χ0v) is 13.5. The van der Waals surface area contributed by atoms with E-state index in [2.05, 4.69) is 68.9 Å². The molecule has 1 atom stereocenters. The van der Waals surface area contributed by atoms with Crippen molar-refractivity contribution in [3.8, 4) is 0 Å². The lowest BCUT2D eigenvalue weighted by molar-refractivity contribution is 0.638. The molecule has 1 unspecified atom stereocenters. The normalized spacial score (nSPS) is 12.7. The molecule has 1 N–H and O–H groups in total. The summed E-state index contributed by atoms with van der Waals surface area (Å²) in [7, 11) is 0. The topological polar surface area (TPSA) is 24.9 Å². The van der Waals surface area contributed by atoms with Crippen molar-refractivity contribution in [3.05, 3.63) is 62.9 Å². The molecular formula is C16H15BrN2S. The Hall–Kier alpha value is -1.23. The fraction of sp³-hybridized carbons (Fsp3) is 0.188. The summed E-state index contributed by atoms with van der Waals surface area (Å²) < 4.78 is 1.16. The van der Waals surface area contributed by atoms with Crippen molar-refractivity contribution in [2.24, 2.45) is 0 Å². The van der Waals surface area contributed by atoms with Crippen molar-refractivity contribution in [2.45, 2.75) is 13.0 Å². The first-order valence-corrected chi connectivity index (χ1v) is 8.28. The maximum Gasteiger partial charge on any atom is 0.0705 e. The highest BCUT2D eigenvalue weighted by molar-refractivity contribution is 9.10. The molecule has 102 valence electrons. The van der Waals surface area contributed by atoms with Gasteiger partial charge in [-0.1, -0.05) is 25.1 Å². The summed E-state index contributed by atoms with van der Waals surface area (Å²) in [6.45, 7) is 3.06. The van der Waals surface area contributed by atoms with Crippen LogP contribution in [0.15, 0.2) is 52.4 Å². The Labute approximate surface area is 131 Å². The van der Waals surface area contributed by atoms with Crippen molar-refractivity contribution >= 4 is 38.2 Å². The largest absolute Gasteiger partial charge is 0.306 e. The number of benzene rings is 1. The molecule has 0 aliphatic heterocycles. The Morgan fingerprint density at radius 1 is 1.30 bits per heavy atom. The van der Waals surface area contributed by atoms with Gasteiger partial charge in [-0.15, -0.1) is 11.3 Å². The molecule has 0 fully saturated rings. The van der Waals surface area contributed by atoms with Crippen molar-refractivity contribution < 1.29 is 0 Å². The Bertz CT molecular complexity index is 723. The smallest absolute Gasteiger partial charge is 0.0705 e. The minimum Gasteiger partial charge on any atom is -0.306 e. The lowest BCUT2D eigenvalue weighted by Crippen LogP contribution is -2.21. The van der Waals surface area contributed by atoms with E-state index in [9.17, 15) is 0 Å². The molecule has 2 nitrogen and oxygen atoms in total. The van der Waals surface area contributed by atoms with Crippen LogP contribution in [-0.4, -0.2) is 11.5 Å². The second kappa shape index (κ2) is 6.04. The third-order valence-corrected chi connectivity index (χ3v) is 5.21. The highest BCUT2D eigenvalue weighted by Gasteiger charge is 2.17. The van der Waals surface area contributed by atoms with Gasteiger partial charge >= 0.3 is 0 Å². The molecule has 20 heavy (non-hydrogen) atoms. The number of halogens is 1. The number of pyridine rings is 1. The fourth-order valence-electron chi connectivity index (χ4n) is 2.34. The average Bonchev–Trinajstić information content (AvgIpc) is 2.90. The summed E-state index contributed by atoms with van der Waals surface area (Å²) in [4.78, 5) is 5.76. The molecule has 3 aromatic rings. The van der Waals surface area contributed by atoms with Gasteiger partial charge in [-0.2, -0.15) is 0 Å². The van der Waals surface area contributed by atoms with Gasteiger partial charge < -0.3 is 5.32 Å². The zero-order chi connectivity index (χ0) is 13.9. The number of nitrogens with one attached hydrogen (secondary N) is 1. The number of aromatic nitrogens is 1. The van der Waals surface area contributed by atoms with E-state index in [0.717, 1.165) is 16.5 Å². The lowest BCUT2D eigenvalue weighted by Gasteiger charge is -2.18. The van der Waals surface area contributed by atoms with E-state index in [0.29, 0.717) is 0 Å². The summed E-state index contributed by atoms with van der Waals surface area (Å²) in [6, 6.07) is 12.9. The molecule has 4 heteroatoms. The molecular weight excluding hydrogens is 332 g/mol. The number of hydrogen-bond acceptors (Lipinski definition) is 3. The van der Waals surface area contributed by atoms with Gasteiger partial charge in [0, 0.05) is 20.9 Å². The standard InChI is InChI=1S/C16H15BrN2S/c1-2-18-15(16-13(17)7-9-20-16)12-6-5-11-4-3-8-19-14(11)10-12/h3-10,15,18H,2H2,1H3. The highest BCUT2D eigenvalue weighted by atomic mass is 79.9. The van der Waals surface area contributed by atoms with Crippen LogP contribution < -0.4 is 5.32 Å². The van der Waals surface area contributed by atoms with Gasteiger partial charge in [0.25, 0.3) is 0 Å². The van der Waals surface area contributed by atoms with Gasteiger partial charge in [-0.25, -0.2) is 0 Å². The molecule has 3 rings (SSSR count). The van der Waals surface area contributed by atoms with Crippen LogP contribution in [0.4, 0.5) is 0 Å². The predicted molar refractivity (Wildman–Crippen MR) is 89.3 cm³/mol. The fourth-order valence-corrected chi connectivity index (χ4v) is 4.04. The van der Waals surface area contributed by atoms with Gasteiger partial charge in [-0.05, 0) is 51.6 Å². The molecule has 1 aromatic carbocycles. The molecule has 0 aliphatic rings. The van der Waals surface area contributed by atoms with Gasteiger partial charge in [0.2, 0.25) is 0 Å². The number of thiophene rings is 1. The van der Waals surface area contributed by atoms with E-state index in [-0.39, 0.29) is 6.04 Å². The first kappa shape index (κ1) is 13.7. The Balaban J connectivity index is 2.07. The van der Waals surface area contributed by atoms with Crippen molar-refractivity contribution in [1.29, 1.82) is 0 Å². The first-order chi connectivity index (χ1) is 9.79. The van der Waals surface area contributed by atoms with E-state index >= 15 is 0 Å². The average molecular weight is 347 g/mol. The van der Waals surface area contributed by atoms with Gasteiger partial charge in [0.05, 0.1) is 11.6 Å². The van der Waals surface area contributed by atoms with Crippen molar-refractivity contribution in [1.82, 2.24) is 10.3 Å². The lowest BCUT2D eigenvalue weighted by atomic mass is 10.0. The first-order valence-electron chi connectivity index (χ1n) is 6.60. The summed E-state index contributed by atoms with van der Waals surface area (Å²) in [5.74, 6) is 0. The third kappa shape index (κ3) is 2.64. The van der Waals surface area contributed by atoms with Crippen LogP contribution in [0.3, 0.4) is 0 Å². The second-order valence-corrected chi connectivity index (χ2v) is 6.38. The molecule has 0 radical (unpaired) electrons. The zero-order valence-electron chi connectivity index (χ0n) is 11.1. The molecule has 0 bridgehead atoms. The third-order valence-electron chi connectivity index (χ3n) is 3.28. The van der Waals surface area contributed by atoms with Crippen LogP contribution in [-0.2, 0) is 0 Å². The molecule has 0 saturated carbocycles. The molecule has 0 spiro atoms. The number of fused-ring (bicyclic) bond motifs is 1. The minimum atomic E-state index is 0.209. The molecule has 0 amide bonds. The van der Waals surface area contributed by atoms with Crippen LogP contribution >= 0.6 is 27.3 Å². The summed E-state index contributed by atoms with van der Waals surface area (Å²) >= 11 is 5.41. The second-order valence-electron chi connectivity index (χ2n) is 4.58. The Morgan fingerprint density at radius 2 is 2.20 bits per heavy atom. The summed E-state index contributed by atoms with van der Waals surface area (Å²) in [5.41, 5.74) is 2.29. The SMILES string of the molecule is CCNC(c1ccc2cccnc2c1)c1sccc1Br. The predicted octanol–water partition coefficient (Wildman–Crippen LogP) is 4.76. The molecule has 0 aliphatic carbocycles. The number of rotatable bonds is 4. The van der Waals surface area contributed by atoms with E-state index in [1.807, 2.05) is 12.3 Å². The van der Waals surface area contributed by atoms with Crippen molar-refractivity contribution in [2.75, 3.05) is 6.54 Å². The number of nitrogens with zero attached hydrogens (tertiary/aromatic N) is 1. The molecule has 2 heterocycles. The minimum absolute atomic E-state index is 0.209. The Morgan fingerprint density at radius 3 is 2.95 bits per heavy atom. The van der Waals surface area contributed by atoms with E-state index in [1.165, 1.54) is 15.8 Å². The van der Waals surface area contributed by atoms with Gasteiger partial charge in [-0.3, -0.25) is 4.98 Å². The maximum absolute atomic E-state index is 4.45. The summed E-state index contributed by atoms with van der Waals surface area (Å²) in [6.07, 6.45) is 1.84. The van der Waals surface area contributed by atoms with E-state index in [4.69, 9.17) is 0 Å². The van der Waals surface area contributed by atoms with Crippen molar-refractivity contribution in [3.63, 3.8) is 0 Å². The maximum atomic E-state index is 4.45.